The lowest BCUT2D eigenvalue weighted by atomic mass is 9.95. The van der Waals surface area contributed by atoms with E-state index in [9.17, 15) is 81.1 Å². The molecule has 27 heteroatoms. The van der Waals surface area contributed by atoms with Gasteiger partial charge in [-0.1, -0.05) is 12.1 Å². The van der Waals surface area contributed by atoms with Crippen molar-refractivity contribution >= 4 is 29.8 Å². The van der Waals surface area contributed by atoms with Crippen LogP contribution in [0.25, 0.3) is 17.9 Å². The van der Waals surface area contributed by atoms with Gasteiger partial charge in [0.15, 0.2) is 53.0 Å². The van der Waals surface area contributed by atoms with Crippen LogP contribution < -0.4 is 9.47 Å². The number of carbonyl (C=O) groups is 2. The number of methoxy groups -OCH3 is 2. The van der Waals surface area contributed by atoms with Gasteiger partial charge in [0.1, 0.15) is 91.0 Å². The van der Waals surface area contributed by atoms with E-state index in [1.165, 1.54) is 81.0 Å². The van der Waals surface area contributed by atoms with E-state index in [-0.39, 0.29) is 51.2 Å². The molecule has 0 spiro atoms. The molecule has 1 aliphatic carbocycles. The first-order valence-electron chi connectivity index (χ1n) is 24.4. The molecule has 80 heavy (non-hydrogen) atoms. The zero-order valence-electron chi connectivity index (χ0n) is 42.2. The fourth-order valence-corrected chi connectivity index (χ4v) is 8.81. The molecule has 0 aromatic heterocycles. The van der Waals surface area contributed by atoms with E-state index in [0.717, 1.165) is 30.4 Å². The molecule has 27 nitrogen and oxygen atoms in total. The number of hydrogen-bond acceptors (Lipinski definition) is 27. The number of ether oxygens (including phenoxy) is 11. The number of rotatable bonds is 18. The zero-order valence-corrected chi connectivity index (χ0v) is 42.2. The molecule has 3 fully saturated rings. The molecule has 4 aliphatic heterocycles. The van der Waals surface area contributed by atoms with Crippen molar-refractivity contribution < 1.29 is 133 Å². The summed E-state index contributed by atoms with van der Waals surface area (Å²) in [5.41, 5.74) is 0.649. The smallest absolute Gasteiger partial charge is 0.331 e. The van der Waals surface area contributed by atoms with Gasteiger partial charge in [0.05, 0.1) is 27.4 Å². The van der Waals surface area contributed by atoms with Crippen molar-refractivity contribution in [2.45, 2.75) is 98.2 Å². The number of aliphatic hydroxyl groups excluding tert-OH is 10. The number of aromatic hydroxyl groups is 4. The second kappa shape index (κ2) is 25.3. The van der Waals surface area contributed by atoms with Crippen molar-refractivity contribution in [2.75, 3.05) is 34.0 Å². The van der Waals surface area contributed by atoms with Crippen LogP contribution in [0.15, 0.2) is 108 Å². The van der Waals surface area contributed by atoms with Gasteiger partial charge in [-0.25, -0.2) is 9.59 Å². The van der Waals surface area contributed by atoms with Crippen LogP contribution in [0, 0.1) is 0 Å². The molecule has 0 bridgehead atoms. The van der Waals surface area contributed by atoms with Gasteiger partial charge in [-0.3, -0.25) is 0 Å². The van der Waals surface area contributed by atoms with Crippen LogP contribution in [0.1, 0.15) is 16.7 Å². The minimum absolute atomic E-state index is 0.0248. The van der Waals surface area contributed by atoms with Gasteiger partial charge in [0.25, 0.3) is 0 Å². The monoisotopic (exact) mass is 1130 g/mol. The number of hydrogen-bond donors (Lipinski definition) is 14. The second-order valence-corrected chi connectivity index (χ2v) is 18.5. The van der Waals surface area contributed by atoms with Gasteiger partial charge >= 0.3 is 11.9 Å². The highest BCUT2D eigenvalue weighted by molar-refractivity contribution is 5.88. The SMILES string of the molecule is COc1cc(C=CC(=O)OC2C(OC3C(OC4=C(c5ccc(O)c(O)c5)OC5C=C(O)C=C(OC6OC(CO)C(O)C(O)C6O)C5=C4)OC(COC(=O)C=Cc4ccc(O)cc4)C(O)C3O)OC(CO)C(O)C2O)cc(OC)c1O. The molecule has 4 heterocycles. The predicted octanol–water partition coefficient (Wildman–Crippen LogP) is -1.15. The minimum Gasteiger partial charge on any atom is -0.508 e. The number of esters is 2. The summed E-state index contributed by atoms with van der Waals surface area (Å²) >= 11 is 0. The molecule has 8 rings (SSSR count). The van der Waals surface area contributed by atoms with Crippen molar-refractivity contribution in [3.63, 3.8) is 0 Å². The lowest BCUT2D eigenvalue weighted by molar-refractivity contribution is -0.363. The summed E-state index contributed by atoms with van der Waals surface area (Å²) in [7, 11) is 2.55. The summed E-state index contributed by atoms with van der Waals surface area (Å²) in [5.74, 6) is -5.37. The average Bonchev–Trinajstić information content (AvgIpc) is 3.50. The molecule has 16 unspecified atom stereocenters. The normalized spacial score (nSPS) is 31.5. The fourth-order valence-electron chi connectivity index (χ4n) is 8.81. The number of phenols is 4. The van der Waals surface area contributed by atoms with E-state index in [2.05, 4.69) is 0 Å². The number of aliphatic hydroxyl groups is 10. The Morgan fingerprint density at radius 3 is 1.85 bits per heavy atom. The summed E-state index contributed by atoms with van der Waals surface area (Å²) in [5, 5.41) is 150. The number of fused-ring (bicyclic) bond motifs is 1. The van der Waals surface area contributed by atoms with Gasteiger partial charge in [-0.2, -0.15) is 0 Å². The quantitative estimate of drug-likeness (QED) is 0.0406. The average molecular weight is 1130 g/mol. The zero-order chi connectivity index (χ0) is 57.7. The Morgan fingerprint density at radius 1 is 0.600 bits per heavy atom. The lowest BCUT2D eigenvalue weighted by Crippen LogP contribution is -2.65. The van der Waals surface area contributed by atoms with E-state index >= 15 is 0 Å². The van der Waals surface area contributed by atoms with Gasteiger partial charge in [-0.15, -0.1) is 0 Å². The van der Waals surface area contributed by atoms with Crippen LogP contribution >= 0.6 is 0 Å². The molecule has 0 amide bonds. The number of carbonyl (C=O) groups excluding carboxylic acids is 2. The van der Waals surface area contributed by atoms with Crippen LogP contribution in [0.4, 0.5) is 0 Å². The highest BCUT2D eigenvalue weighted by atomic mass is 16.8. The van der Waals surface area contributed by atoms with Crippen molar-refractivity contribution in [1.82, 2.24) is 0 Å². The fraction of sp³-hybridized carbons (Fsp3) is 0.396. The van der Waals surface area contributed by atoms with Crippen LogP contribution in [0.2, 0.25) is 0 Å². The number of phenolic OH excluding ortho intramolecular Hbond substituents is 4. The van der Waals surface area contributed by atoms with Crippen LogP contribution in [-0.4, -0.2) is 216 Å². The van der Waals surface area contributed by atoms with Crippen LogP contribution in [-0.2, 0) is 52.2 Å². The van der Waals surface area contributed by atoms with E-state index in [1.54, 1.807) is 0 Å². The summed E-state index contributed by atoms with van der Waals surface area (Å²) in [6.07, 6.45) is -22.2. The maximum Gasteiger partial charge on any atom is 0.331 e. The minimum atomic E-state index is -2.19. The maximum absolute atomic E-state index is 13.5. The predicted molar refractivity (Wildman–Crippen MR) is 266 cm³/mol. The third-order valence-electron chi connectivity index (χ3n) is 13.1. The van der Waals surface area contributed by atoms with Gasteiger partial charge < -0.3 is 124 Å². The standard InChI is InChI=1S/C53H58O27/c1-70-32-13-23(14-33(71-2)40(32)62)6-12-39(61)79-49-45(67)42(64)36(20-55)77-53(49)80-50-46(68)43(65)37(21-72-38(60)11-5-22-3-8-25(56)9-4-22)78-52(50)75-34-18-27-30(73-48(34)24-7-10-28(58)29(59)15-24)16-26(57)17-31(27)74-51-47(69)44(66)41(63)35(19-54)76-51/h3-18,30,35-37,41-47,49-59,62-69H,19-21H2,1-2H3. The van der Waals surface area contributed by atoms with Crippen molar-refractivity contribution in [3.8, 4) is 34.5 Å². The molecule has 432 valence electrons. The lowest BCUT2D eigenvalue weighted by Gasteiger charge is -2.46. The Kier molecular flexibility index (Phi) is 18.6. The van der Waals surface area contributed by atoms with E-state index in [1.807, 2.05) is 0 Å². The highest BCUT2D eigenvalue weighted by Gasteiger charge is 2.54. The van der Waals surface area contributed by atoms with Gasteiger partial charge in [0.2, 0.25) is 18.3 Å². The van der Waals surface area contributed by atoms with Crippen molar-refractivity contribution in [1.29, 1.82) is 0 Å². The summed E-state index contributed by atoms with van der Waals surface area (Å²) in [6, 6.07) is 11.8. The highest BCUT2D eigenvalue weighted by Crippen LogP contribution is 2.43. The van der Waals surface area contributed by atoms with Crippen molar-refractivity contribution in [3.05, 3.63) is 125 Å². The Labute approximate surface area is 453 Å². The Balaban J connectivity index is 1.16. The molecular weight excluding hydrogens is 1070 g/mol. The molecular formula is C53H58O27. The van der Waals surface area contributed by atoms with E-state index in [4.69, 9.17) is 52.1 Å². The molecule has 14 N–H and O–H groups in total. The second-order valence-electron chi connectivity index (χ2n) is 18.5. The van der Waals surface area contributed by atoms with Crippen molar-refractivity contribution in [2.24, 2.45) is 0 Å². The first kappa shape index (κ1) is 58.7. The summed E-state index contributed by atoms with van der Waals surface area (Å²) < 4.78 is 63.8. The molecule has 5 aliphatic rings. The first-order chi connectivity index (χ1) is 38.2. The first-order valence-corrected chi connectivity index (χ1v) is 24.4. The Hall–Kier alpha value is -7.48. The number of benzene rings is 3. The summed E-state index contributed by atoms with van der Waals surface area (Å²) in [6.45, 7) is -2.58. The topological polar surface area (TPSA) is 419 Å². The van der Waals surface area contributed by atoms with Gasteiger partial charge in [-0.05, 0) is 71.8 Å². The van der Waals surface area contributed by atoms with Crippen LogP contribution in [0.3, 0.4) is 0 Å². The molecule has 3 aromatic carbocycles. The maximum atomic E-state index is 13.5. The Morgan fingerprint density at radius 2 is 1.20 bits per heavy atom. The van der Waals surface area contributed by atoms with Crippen LogP contribution in [0.5, 0.6) is 34.5 Å². The molecule has 3 saturated heterocycles. The van der Waals surface area contributed by atoms with E-state index in [0.29, 0.717) is 5.56 Å². The number of allylic oxidation sites excluding steroid dienone is 2. The summed E-state index contributed by atoms with van der Waals surface area (Å²) in [4.78, 5) is 26.5. The molecule has 0 radical (unpaired) electrons. The molecule has 16 atom stereocenters. The third-order valence-corrected chi connectivity index (χ3v) is 13.1. The third kappa shape index (κ3) is 12.9. The van der Waals surface area contributed by atoms with E-state index < -0.39 is 153 Å². The molecule has 0 saturated carbocycles. The largest absolute Gasteiger partial charge is 0.508 e. The molecule has 3 aromatic rings. The Bertz CT molecular complexity index is 2870. The van der Waals surface area contributed by atoms with Gasteiger partial charge in [0, 0.05) is 35.4 Å².